The molecule has 1 rings (SSSR count). The van der Waals surface area contributed by atoms with Crippen molar-refractivity contribution in [2.24, 2.45) is 5.92 Å². The van der Waals surface area contributed by atoms with Crippen LogP contribution in [0.25, 0.3) is 0 Å². The van der Waals surface area contributed by atoms with Gasteiger partial charge in [-0.2, -0.15) is 12.6 Å². The zero-order chi connectivity index (χ0) is 7.56. The molecule has 1 unspecified atom stereocenters. The summed E-state index contributed by atoms with van der Waals surface area (Å²) < 4.78 is 0. The van der Waals surface area contributed by atoms with Crippen LogP contribution in [-0.4, -0.2) is 29.6 Å². The summed E-state index contributed by atoms with van der Waals surface area (Å²) in [6, 6.07) is 0. The van der Waals surface area contributed by atoms with Gasteiger partial charge in [-0.1, -0.05) is 0 Å². The van der Waals surface area contributed by atoms with Gasteiger partial charge in [-0.3, -0.25) is 5.41 Å². The first-order valence-electron chi connectivity index (χ1n) is 3.65. The van der Waals surface area contributed by atoms with E-state index < -0.39 is 0 Å². The van der Waals surface area contributed by atoms with Crippen LogP contribution in [0.2, 0.25) is 0 Å². The molecule has 3 heteroatoms. The molecule has 1 N–H and O–H groups in total. The van der Waals surface area contributed by atoms with Crippen LogP contribution in [0.4, 0.5) is 0 Å². The summed E-state index contributed by atoms with van der Waals surface area (Å²) in [5, 5.41) is 7.36. The van der Waals surface area contributed by atoms with E-state index in [2.05, 4.69) is 17.5 Å². The van der Waals surface area contributed by atoms with E-state index in [9.17, 15) is 0 Å². The number of hydrogen-bond donors (Lipinski definition) is 2. The van der Waals surface area contributed by atoms with E-state index in [1.54, 1.807) is 0 Å². The summed E-state index contributed by atoms with van der Waals surface area (Å²) in [5.41, 5.74) is 0. The molecule has 10 heavy (non-hydrogen) atoms. The van der Waals surface area contributed by atoms with Crippen molar-refractivity contribution in [2.45, 2.75) is 13.3 Å². The second kappa shape index (κ2) is 3.28. The fraction of sp³-hybridized carbons (Fsp3) is 0.857. The van der Waals surface area contributed by atoms with Crippen LogP contribution >= 0.6 is 12.6 Å². The molecule has 1 saturated heterocycles. The fourth-order valence-electron chi connectivity index (χ4n) is 1.29. The molecule has 2 nitrogen and oxygen atoms in total. The van der Waals surface area contributed by atoms with Crippen LogP contribution in [0.5, 0.6) is 0 Å². The van der Waals surface area contributed by atoms with E-state index in [1.807, 2.05) is 6.92 Å². The first kappa shape index (κ1) is 7.92. The molecule has 0 spiro atoms. The summed E-state index contributed by atoms with van der Waals surface area (Å²) in [4.78, 5) is 2.11. The van der Waals surface area contributed by atoms with Gasteiger partial charge >= 0.3 is 0 Å². The average Bonchev–Trinajstić information content (AvgIpc) is 2.34. The van der Waals surface area contributed by atoms with Crippen LogP contribution in [0.1, 0.15) is 13.3 Å². The molecule has 0 saturated carbocycles. The lowest BCUT2D eigenvalue weighted by molar-refractivity contribution is 0.491. The van der Waals surface area contributed by atoms with Crippen LogP contribution in [0.15, 0.2) is 0 Å². The maximum Gasteiger partial charge on any atom is 0.0925 e. The summed E-state index contributed by atoms with van der Waals surface area (Å²) in [7, 11) is 0. The minimum absolute atomic E-state index is 0.698. The molecule has 0 aliphatic carbocycles. The number of hydrogen-bond acceptors (Lipinski definition) is 2. The van der Waals surface area contributed by atoms with Gasteiger partial charge in [-0.05, 0) is 25.0 Å². The first-order chi connectivity index (χ1) is 4.74. The third kappa shape index (κ3) is 1.66. The van der Waals surface area contributed by atoms with Gasteiger partial charge in [0.1, 0.15) is 0 Å². The van der Waals surface area contributed by atoms with Crippen LogP contribution in [-0.2, 0) is 0 Å². The van der Waals surface area contributed by atoms with E-state index in [0.717, 1.165) is 18.8 Å². The van der Waals surface area contributed by atoms with Gasteiger partial charge < -0.3 is 4.90 Å². The van der Waals surface area contributed by atoms with Crippen molar-refractivity contribution < 1.29 is 0 Å². The fourth-order valence-corrected chi connectivity index (χ4v) is 1.58. The Morgan fingerprint density at radius 3 is 2.80 bits per heavy atom. The number of nitrogens with zero attached hydrogens (tertiary/aromatic N) is 1. The molecule has 0 bridgehead atoms. The van der Waals surface area contributed by atoms with Crippen molar-refractivity contribution in [3.05, 3.63) is 0 Å². The molecule has 1 fully saturated rings. The van der Waals surface area contributed by atoms with Crippen molar-refractivity contribution in [1.29, 1.82) is 5.41 Å². The lowest BCUT2D eigenvalue weighted by Crippen LogP contribution is -2.25. The van der Waals surface area contributed by atoms with Gasteiger partial charge in [0, 0.05) is 13.1 Å². The lowest BCUT2D eigenvalue weighted by Gasteiger charge is -2.15. The number of nitrogens with one attached hydrogen (secondary N) is 1. The van der Waals surface area contributed by atoms with Crippen molar-refractivity contribution in [3.8, 4) is 0 Å². The third-order valence-electron chi connectivity index (χ3n) is 2.02. The number of rotatable bonds is 1. The van der Waals surface area contributed by atoms with E-state index in [4.69, 9.17) is 5.41 Å². The Balaban J connectivity index is 2.35. The van der Waals surface area contributed by atoms with Crippen LogP contribution < -0.4 is 0 Å². The van der Waals surface area contributed by atoms with Crippen molar-refractivity contribution in [3.63, 3.8) is 0 Å². The molecular weight excluding hydrogens is 144 g/mol. The summed E-state index contributed by atoms with van der Waals surface area (Å²) >= 11 is 4.23. The molecule has 58 valence electrons. The van der Waals surface area contributed by atoms with Gasteiger partial charge in [-0.25, -0.2) is 0 Å². The molecule has 0 aromatic rings. The molecule has 0 radical (unpaired) electrons. The predicted octanol–water partition coefficient (Wildman–Crippen LogP) is 1.24. The Morgan fingerprint density at radius 1 is 1.80 bits per heavy atom. The second-order valence-corrected chi connectivity index (χ2v) is 3.23. The number of amidine groups is 1. The zero-order valence-electron chi connectivity index (χ0n) is 6.30. The Kier molecular flexibility index (Phi) is 2.60. The summed E-state index contributed by atoms with van der Waals surface area (Å²) in [6.45, 7) is 3.94. The minimum Gasteiger partial charge on any atom is -0.360 e. The van der Waals surface area contributed by atoms with E-state index in [1.165, 1.54) is 6.42 Å². The number of likely N-dealkylation sites (tertiary alicyclic amines) is 1. The van der Waals surface area contributed by atoms with Crippen LogP contribution in [0, 0.1) is 11.3 Å². The molecule has 1 atom stereocenters. The Hall–Kier alpha value is -0.180. The maximum atomic E-state index is 7.36. The average molecular weight is 158 g/mol. The topological polar surface area (TPSA) is 27.1 Å². The number of thiol groups is 1. The monoisotopic (exact) mass is 158 g/mol. The summed E-state index contributed by atoms with van der Waals surface area (Å²) in [6.07, 6.45) is 1.21. The third-order valence-corrected chi connectivity index (χ3v) is 2.53. The van der Waals surface area contributed by atoms with Crippen molar-refractivity contribution >= 4 is 18.5 Å². The summed E-state index contributed by atoms with van der Waals surface area (Å²) in [5.74, 6) is 2.37. The minimum atomic E-state index is 0.698. The van der Waals surface area contributed by atoms with Gasteiger partial charge in [0.2, 0.25) is 0 Å². The largest absolute Gasteiger partial charge is 0.360 e. The second-order valence-electron chi connectivity index (χ2n) is 2.87. The van der Waals surface area contributed by atoms with Gasteiger partial charge in [0.25, 0.3) is 0 Å². The highest BCUT2D eigenvalue weighted by molar-refractivity contribution is 7.80. The molecule has 0 amide bonds. The van der Waals surface area contributed by atoms with Gasteiger partial charge in [-0.15, -0.1) is 0 Å². The quantitative estimate of drug-likeness (QED) is 0.335. The Labute approximate surface area is 67.5 Å². The highest BCUT2D eigenvalue weighted by Gasteiger charge is 2.20. The lowest BCUT2D eigenvalue weighted by atomic mass is 10.2. The van der Waals surface area contributed by atoms with Crippen LogP contribution in [0.3, 0.4) is 0 Å². The standard InChI is InChI=1S/C7H14N2S/c1-6(8)9-3-2-7(4-9)5-10/h7-8,10H,2-5H2,1H3. The molecule has 1 aliphatic heterocycles. The maximum absolute atomic E-state index is 7.36. The normalized spacial score (nSPS) is 25.4. The first-order valence-corrected chi connectivity index (χ1v) is 4.28. The molecule has 0 aromatic heterocycles. The van der Waals surface area contributed by atoms with Gasteiger partial charge in [0.05, 0.1) is 5.84 Å². The van der Waals surface area contributed by atoms with E-state index >= 15 is 0 Å². The highest BCUT2D eigenvalue weighted by Crippen LogP contribution is 2.16. The molecule has 1 aliphatic rings. The predicted molar refractivity (Wildman–Crippen MR) is 46.9 cm³/mol. The van der Waals surface area contributed by atoms with Crippen molar-refractivity contribution in [2.75, 3.05) is 18.8 Å². The van der Waals surface area contributed by atoms with Gasteiger partial charge in [0.15, 0.2) is 0 Å². The smallest absolute Gasteiger partial charge is 0.0925 e. The molecular formula is C7H14N2S. The van der Waals surface area contributed by atoms with E-state index in [0.29, 0.717) is 11.8 Å². The van der Waals surface area contributed by atoms with Crippen molar-refractivity contribution in [1.82, 2.24) is 4.90 Å². The zero-order valence-corrected chi connectivity index (χ0v) is 7.19. The highest BCUT2D eigenvalue weighted by atomic mass is 32.1. The van der Waals surface area contributed by atoms with E-state index in [-0.39, 0.29) is 0 Å². The Morgan fingerprint density at radius 2 is 2.50 bits per heavy atom. The SMILES string of the molecule is CC(=N)N1CCC(CS)C1. The molecule has 0 aromatic carbocycles. The Bertz CT molecular complexity index is 136. The molecule has 1 heterocycles.